The van der Waals surface area contributed by atoms with Crippen molar-refractivity contribution in [3.8, 4) is 5.75 Å². The molecule has 1 heterocycles. The molecule has 1 aromatic carbocycles. The molecule has 0 fully saturated rings. The zero-order chi connectivity index (χ0) is 21.0. The van der Waals surface area contributed by atoms with Gasteiger partial charge in [0.25, 0.3) is 0 Å². The fraction of sp³-hybridized carbons (Fsp3) is 0.409. The Morgan fingerprint density at radius 3 is 2.62 bits per heavy atom. The number of ether oxygens (including phenoxy) is 3. The second kappa shape index (κ2) is 8.71. The van der Waals surface area contributed by atoms with Crippen LogP contribution in [-0.2, 0) is 14.3 Å². The fourth-order valence-corrected chi connectivity index (χ4v) is 3.12. The average Bonchev–Trinajstić information content (AvgIpc) is 2.67. The number of allylic oxidation sites excluding steroid dienone is 3. The third-order valence-electron chi connectivity index (χ3n) is 4.54. The summed E-state index contributed by atoms with van der Waals surface area (Å²) in [6, 6.07) is 6.76. The topological polar surface area (TPSA) is 69.3 Å². The number of urea groups is 1. The number of benzene rings is 1. The van der Waals surface area contributed by atoms with Gasteiger partial charge in [-0.05, 0) is 56.2 Å². The molecule has 1 aliphatic carbocycles. The van der Waals surface area contributed by atoms with Crippen LogP contribution >= 0.6 is 0 Å². The van der Waals surface area contributed by atoms with Crippen molar-refractivity contribution in [2.24, 2.45) is 0 Å². The van der Waals surface area contributed by atoms with Crippen molar-refractivity contribution in [3.05, 3.63) is 59.6 Å². The number of anilines is 1. The van der Waals surface area contributed by atoms with Crippen molar-refractivity contribution in [3.63, 3.8) is 0 Å². The van der Waals surface area contributed by atoms with Crippen molar-refractivity contribution >= 4 is 11.7 Å². The number of hydrogen-bond donors (Lipinski definition) is 1. The highest BCUT2D eigenvalue weighted by Crippen LogP contribution is 2.37. The molecule has 7 nitrogen and oxygen atoms in total. The Balaban J connectivity index is 1.64. The number of rotatable bonds is 6. The predicted octanol–water partition coefficient (Wildman–Crippen LogP) is 4.75. The van der Waals surface area contributed by atoms with Crippen LogP contribution < -0.4 is 10.1 Å². The van der Waals surface area contributed by atoms with Crippen LogP contribution in [0.2, 0.25) is 0 Å². The molecule has 0 saturated heterocycles. The van der Waals surface area contributed by atoms with Gasteiger partial charge < -0.3 is 19.5 Å². The van der Waals surface area contributed by atoms with Gasteiger partial charge in [0.15, 0.2) is 0 Å². The highest BCUT2D eigenvalue weighted by Gasteiger charge is 2.34. The van der Waals surface area contributed by atoms with E-state index in [-0.39, 0.29) is 12.1 Å². The summed E-state index contributed by atoms with van der Waals surface area (Å²) in [5.41, 5.74) is 1.78. The Morgan fingerprint density at radius 2 is 1.97 bits per heavy atom. The molecule has 29 heavy (non-hydrogen) atoms. The first-order valence-corrected chi connectivity index (χ1v) is 9.63. The monoisotopic (exact) mass is 400 g/mol. The third kappa shape index (κ3) is 5.40. The molecule has 156 valence electrons. The molecule has 0 saturated carbocycles. The predicted molar refractivity (Wildman–Crippen MR) is 110 cm³/mol. The molecule has 1 aromatic rings. The fourth-order valence-electron chi connectivity index (χ4n) is 3.12. The van der Waals surface area contributed by atoms with Gasteiger partial charge in [0.1, 0.15) is 17.3 Å². The highest BCUT2D eigenvalue weighted by atomic mass is 16.7. The highest BCUT2D eigenvalue weighted by molar-refractivity contribution is 5.88. The first-order valence-electron chi connectivity index (χ1n) is 9.63. The molecule has 0 spiro atoms. The smallest absolute Gasteiger partial charge is 0.345 e. The maximum atomic E-state index is 11.8. The van der Waals surface area contributed by atoms with Crippen molar-refractivity contribution in [1.82, 2.24) is 5.06 Å². The Morgan fingerprint density at radius 1 is 1.24 bits per heavy atom. The van der Waals surface area contributed by atoms with E-state index in [0.717, 1.165) is 22.8 Å². The van der Waals surface area contributed by atoms with Crippen molar-refractivity contribution in [2.45, 2.75) is 45.5 Å². The summed E-state index contributed by atoms with van der Waals surface area (Å²) in [4.78, 5) is 16.7. The van der Waals surface area contributed by atoms with Crippen LogP contribution in [0.25, 0.3) is 0 Å². The number of hydrogen-bond acceptors (Lipinski definition) is 5. The standard InChI is InChI=1S/C22H28N2O5/c1-15(2)28-22(3)13-12-16-6-9-19(14-20(16)29-22)27-18-10-7-17(8-11-18)23-21(25)24(4)26-5/h7-12,14-15H,6,13H2,1-5H3,(H,23,25). The van der Waals surface area contributed by atoms with E-state index in [9.17, 15) is 4.79 Å². The molecule has 0 aromatic heterocycles. The normalized spacial score (nSPS) is 20.7. The number of nitrogens with one attached hydrogen (secondary N) is 1. The Kier molecular flexibility index (Phi) is 6.30. The maximum absolute atomic E-state index is 11.8. The molecular formula is C22H28N2O5. The van der Waals surface area contributed by atoms with Crippen molar-refractivity contribution in [2.75, 3.05) is 19.5 Å². The summed E-state index contributed by atoms with van der Waals surface area (Å²) >= 11 is 0. The Bertz CT molecular complexity index is 841. The quantitative estimate of drug-likeness (QED) is 0.698. The van der Waals surface area contributed by atoms with E-state index in [1.807, 2.05) is 32.9 Å². The summed E-state index contributed by atoms with van der Waals surface area (Å²) in [5.74, 6) is 1.49. The minimum absolute atomic E-state index is 0.0769. The molecular weight excluding hydrogens is 372 g/mol. The van der Waals surface area contributed by atoms with Gasteiger partial charge in [-0.25, -0.2) is 9.86 Å². The SMILES string of the molecule is CON(C)C(=O)Nc1ccc(OC2=CCC3=CCC(C)(OC(C)C)OC3=C2)cc1. The lowest BCUT2D eigenvalue weighted by Gasteiger charge is -2.37. The van der Waals surface area contributed by atoms with Gasteiger partial charge in [0.05, 0.1) is 13.2 Å². The molecule has 3 rings (SSSR count). The van der Waals surface area contributed by atoms with Crippen LogP contribution in [0.4, 0.5) is 10.5 Å². The van der Waals surface area contributed by atoms with E-state index in [1.165, 1.54) is 14.2 Å². The number of amides is 2. The van der Waals surface area contributed by atoms with Crippen LogP contribution in [0.15, 0.2) is 59.6 Å². The van der Waals surface area contributed by atoms with Crippen molar-refractivity contribution < 1.29 is 23.8 Å². The molecule has 0 bridgehead atoms. The first kappa shape index (κ1) is 21.0. The van der Waals surface area contributed by atoms with E-state index in [4.69, 9.17) is 19.0 Å². The molecule has 2 amide bonds. The summed E-state index contributed by atoms with van der Waals surface area (Å²) in [6.07, 6.45) is 7.62. The van der Waals surface area contributed by atoms with Gasteiger partial charge in [-0.2, -0.15) is 0 Å². The largest absolute Gasteiger partial charge is 0.462 e. The molecule has 0 radical (unpaired) electrons. The minimum atomic E-state index is -0.666. The van der Waals surface area contributed by atoms with E-state index in [2.05, 4.69) is 11.4 Å². The minimum Gasteiger partial charge on any atom is -0.462 e. The molecule has 1 N–H and O–H groups in total. The average molecular weight is 400 g/mol. The van der Waals surface area contributed by atoms with E-state index in [0.29, 0.717) is 23.6 Å². The summed E-state index contributed by atoms with van der Waals surface area (Å²) in [7, 11) is 2.96. The second-order valence-corrected chi connectivity index (χ2v) is 7.39. The van der Waals surface area contributed by atoms with Crippen LogP contribution in [0.5, 0.6) is 5.75 Å². The van der Waals surface area contributed by atoms with Crippen LogP contribution in [-0.4, -0.2) is 37.1 Å². The van der Waals surface area contributed by atoms with Gasteiger partial charge in [-0.15, -0.1) is 0 Å². The number of carbonyl (C=O) groups is 1. The summed E-state index contributed by atoms with van der Waals surface area (Å²) < 4.78 is 18.0. The Hall–Kier alpha value is -2.77. The van der Waals surface area contributed by atoms with Gasteiger partial charge in [-0.3, -0.25) is 4.84 Å². The van der Waals surface area contributed by atoms with E-state index in [1.54, 1.807) is 24.3 Å². The lowest BCUT2D eigenvalue weighted by Crippen LogP contribution is -2.37. The summed E-state index contributed by atoms with van der Waals surface area (Å²) in [5, 5.41) is 3.83. The zero-order valence-electron chi connectivity index (χ0n) is 17.5. The van der Waals surface area contributed by atoms with E-state index < -0.39 is 5.79 Å². The van der Waals surface area contributed by atoms with Crippen LogP contribution in [0.3, 0.4) is 0 Å². The van der Waals surface area contributed by atoms with Gasteiger partial charge in [0.2, 0.25) is 5.79 Å². The van der Waals surface area contributed by atoms with Gasteiger partial charge in [-0.1, -0.05) is 6.08 Å². The Labute approximate surface area is 171 Å². The second-order valence-electron chi connectivity index (χ2n) is 7.39. The first-order chi connectivity index (χ1) is 13.8. The molecule has 7 heteroatoms. The van der Waals surface area contributed by atoms with Crippen LogP contribution in [0, 0.1) is 0 Å². The zero-order valence-corrected chi connectivity index (χ0v) is 17.5. The van der Waals surface area contributed by atoms with E-state index >= 15 is 0 Å². The molecule has 2 aliphatic rings. The maximum Gasteiger partial charge on any atom is 0.345 e. The number of nitrogens with zero attached hydrogens (tertiary/aromatic N) is 1. The van der Waals surface area contributed by atoms with Crippen LogP contribution in [0.1, 0.15) is 33.6 Å². The molecule has 1 unspecified atom stereocenters. The van der Waals surface area contributed by atoms with Gasteiger partial charge >= 0.3 is 6.03 Å². The number of hydroxylamine groups is 2. The number of carbonyl (C=O) groups excluding carboxylic acids is 1. The van der Waals surface area contributed by atoms with Gasteiger partial charge in [0, 0.05) is 32.2 Å². The third-order valence-corrected chi connectivity index (χ3v) is 4.54. The number of fused-ring (bicyclic) bond motifs is 1. The molecule has 1 aliphatic heterocycles. The lowest BCUT2D eigenvalue weighted by atomic mass is 9.98. The van der Waals surface area contributed by atoms with Crippen molar-refractivity contribution in [1.29, 1.82) is 0 Å². The lowest BCUT2D eigenvalue weighted by molar-refractivity contribution is -0.222. The molecule has 1 atom stereocenters. The summed E-state index contributed by atoms with van der Waals surface area (Å²) in [6.45, 7) is 5.95.